The van der Waals surface area contributed by atoms with Crippen molar-refractivity contribution < 1.29 is 53.8 Å². The number of carbonyl (C=O) groups excluding carboxylic acids is 3. The second-order valence-electron chi connectivity index (χ2n) is 45.3. The third kappa shape index (κ3) is 32.7. The van der Waals surface area contributed by atoms with Gasteiger partial charge in [0.1, 0.15) is 0 Å². The predicted octanol–water partition coefficient (Wildman–Crippen LogP) is 26.7. The minimum absolute atomic E-state index is 0.0310. The molecule has 20 bridgehead atoms. The second-order valence-corrected chi connectivity index (χ2v) is 48.4. The summed E-state index contributed by atoms with van der Waals surface area (Å²) in [6.07, 6.45) is 60.1. The molecule has 20 heteroatoms. The summed E-state index contributed by atoms with van der Waals surface area (Å²) in [5.74, 6) is 16.0. The Morgan fingerprint density at radius 3 is 1.05 bits per heavy atom. The number of halogens is 6. The summed E-state index contributed by atoms with van der Waals surface area (Å²) in [4.78, 5) is 51.3. The molecule has 1 saturated heterocycles. The Bertz CT molecular complexity index is 3290. The number of aliphatic carboxylic acids is 1. The molecular weight excluding hydrogens is 1820 g/mol. The summed E-state index contributed by atoms with van der Waals surface area (Å²) in [7, 11) is 3.57. The van der Waals surface area contributed by atoms with E-state index in [1.807, 2.05) is 95.4 Å². The Hall–Kier alpha value is -1.74. The van der Waals surface area contributed by atoms with Gasteiger partial charge >= 0.3 is 5.97 Å². The first kappa shape index (κ1) is 108. The first-order valence-corrected chi connectivity index (χ1v) is 55.9. The first-order chi connectivity index (χ1) is 61.5. The van der Waals surface area contributed by atoms with Crippen molar-refractivity contribution in [3.05, 3.63) is 71.8 Å². The van der Waals surface area contributed by atoms with E-state index in [-0.39, 0.29) is 58.2 Å². The molecule has 2 aromatic carbocycles. The zero-order chi connectivity index (χ0) is 92.0. The van der Waals surface area contributed by atoms with Gasteiger partial charge in [0.15, 0.2) is 0 Å². The monoisotopic (exact) mass is 1990 g/mol. The highest BCUT2D eigenvalue weighted by Gasteiger charge is 2.56. The van der Waals surface area contributed by atoms with Crippen molar-refractivity contribution in [2.24, 2.45) is 134 Å². The number of aliphatic hydroxyl groups excluding tert-OH is 3. The van der Waals surface area contributed by atoms with E-state index < -0.39 is 18.2 Å². The van der Waals surface area contributed by atoms with Gasteiger partial charge in [-0.15, -0.1) is 58.0 Å². The Balaban J connectivity index is 0.000000160. The van der Waals surface area contributed by atoms with E-state index in [1.54, 1.807) is 55.4 Å². The van der Waals surface area contributed by atoms with Crippen LogP contribution in [-0.2, 0) is 33.4 Å². The zero-order valence-electron chi connectivity index (χ0n) is 80.6. The molecule has 1 aliphatic heterocycles. The van der Waals surface area contributed by atoms with Crippen LogP contribution in [0.1, 0.15) is 354 Å². The van der Waals surface area contributed by atoms with E-state index in [9.17, 15) is 29.4 Å². The number of nitrogens with zero attached hydrogens (tertiary/aromatic N) is 2. The van der Waals surface area contributed by atoms with Crippen LogP contribution in [0.3, 0.4) is 0 Å². The first-order valence-electron chi connectivity index (χ1n) is 51.7. The van der Waals surface area contributed by atoms with Crippen LogP contribution in [0.2, 0.25) is 0 Å². The molecule has 21 aliphatic rings. The summed E-state index contributed by atoms with van der Waals surface area (Å²) >= 11 is 27.3. The highest BCUT2D eigenvalue weighted by atomic mass is 127. The molecule has 21 fully saturated rings. The number of aliphatic hydroxyl groups is 3. The molecule has 0 aromatic heterocycles. The van der Waals surface area contributed by atoms with Crippen LogP contribution in [0.15, 0.2) is 60.7 Å². The number of alkyl halides is 6. The zero-order valence-corrected chi connectivity index (χ0v) is 86.5. The molecule has 730 valence electrons. The largest absolute Gasteiger partial charge is 0.481 e. The van der Waals surface area contributed by atoms with E-state index in [2.05, 4.69) is 41.8 Å². The van der Waals surface area contributed by atoms with Gasteiger partial charge in [-0.2, -0.15) is 0 Å². The number of rotatable bonds is 35. The highest BCUT2D eigenvalue weighted by molar-refractivity contribution is 14.1. The molecule has 20 aliphatic carbocycles. The summed E-state index contributed by atoms with van der Waals surface area (Å²) < 4.78 is 17.5. The van der Waals surface area contributed by atoms with Crippen LogP contribution in [-0.4, -0.2) is 154 Å². The number of amides is 3. The summed E-state index contributed by atoms with van der Waals surface area (Å²) in [5, 5.41) is 42.4. The van der Waals surface area contributed by atoms with E-state index in [0.717, 1.165) is 170 Å². The molecule has 3 amide bonds. The molecule has 5 N–H and O–H groups in total. The lowest BCUT2D eigenvalue weighted by Gasteiger charge is -2.57. The third-order valence-electron chi connectivity index (χ3n) is 35.1. The van der Waals surface area contributed by atoms with Gasteiger partial charge in [-0.25, -0.2) is 0 Å². The topological polar surface area (TPSA) is 195 Å². The third-order valence-corrected chi connectivity index (χ3v) is 35.9. The quantitative estimate of drug-likeness (QED) is 0.0250. The molecule has 0 unspecified atom stereocenters. The predicted molar refractivity (Wildman–Crippen MR) is 536 cm³/mol. The lowest BCUT2D eigenvalue weighted by molar-refractivity contribution is -0.142. The minimum Gasteiger partial charge on any atom is -0.481 e. The number of ether oxygens (including phenoxy) is 3. The van der Waals surface area contributed by atoms with Crippen molar-refractivity contribution in [3.8, 4) is 0 Å². The molecule has 2 aromatic rings. The maximum Gasteiger partial charge on any atom is 0.306 e. The fourth-order valence-electron chi connectivity index (χ4n) is 30.6. The number of hydrogen-bond acceptors (Lipinski definition) is 10. The molecule has 23 rings (SSSR count). The van der Waals surface area contributed by atoms with Gasteiger partial charge in [0.2, 0.25) is 17.7 Å². The Morgan fingerprint density at radius 2 is 0.742 bits per heavy atom. The number of likely N-dealkylation sites (N-methyl/N-ethyl adjacent to an activating group) is 2. The maximum absolute atomic E-state index is 13.1. The highest BCUT2D eigenvalue weighted by Crippen LogP contribution is 2.67. The fourth-order valence-corrected chi connectivity index (χ4v) is 31.9. The minimum atomic E-state index is -0.648. The Morgan fingerprint density at radius 1 is 0.438 bits per heavy atom. The van der Waals surface area contributed by atoms with Gasteiger partial charge in [-0.3, -0.25) is 19.2 Å². The lowest BCUT2D eigenvalue weighted by Crippen LogP contribution is -2.46. The number of benzene rings is 2. The molecule has 1 heterocycles. The molecule has 0 spiro atoms. The van der Waals surface area contributed by atoms with Gasteiger partial charge in [-0.05, 0) is 410 Å². The average Bonchev–Trinajstić information content (AvgIpc) is 0.863. The molecule has 128 heavy (non-hydrogen) atoms. The smallest absolute Gasteiger partial charge is 0.306 e. The van der Waals surface area contributed by atoms with E-state index >= 15 is 0 Å². The van der Waals surface area contributed by atoms with E-state index in [1.165, 1.54) is 210 Å². The van der Waals surface area contributed by atoms with Crippen molar-refractivity contribution >= 4 is 104 Å². The number of unbranched alkanes of at least 4 members (excludes halogenated alkanes) is 3. The average molecular weight is 2000 g/mol. The van der Waals surface area contributed by atoms with Crippen molar-refractivity contribution in [1.29, 1.82) is 0 Å². The number of carboxylic acids is 1. The SMILES string of the molecule is C1CCOC1.CCC(=O)N(C)[C@@H](C)[C@@H](O)c1ccccc1.C[C@H](CCC12CC3CC(CC(C3)C1)C2)C(=O)N(C)[C@@H](C)[C@@H](O)c1ccccc1.C[C@H](CCC12CC3CC(CC(C3)C1)C2)C(=O)NCCOCCOCCCCCCCl.C[C@H](CCC12CC3CC(CC(C3)C1)C2)C(=O)O.ClCCl.ClCCl.ICCC12CC3CC(CC(C3)C1)C2.OCCC12CC3CC(CC(C3)C1)C2. The fraction of sp³-hybridized carbons (Fsp3) is 0.852. The van der Waals surface area contributed by atoms with Gasteiger partial charge < -0.3 is 49.8 Å². The van der Waals surface area contributed by atoms with Crippen molar-refractivity contribution in [1.82, 2.24) is 15.1 Å². The molecule has 20 saturated carbocycles. The van der Waals surface area contributed by atoms with Crippen LogP contribution in [0.25, 0.3) is 0 Å². The number of carbonyl (C=O) groups is 4. The lowest BCUT2D eigenvalue weighted by atomic mass is 9.48. The van der Waals surface area contributed by atoms with E-state index in [0.29, 0.717) is 61.1 Å². The van der Waals surface area contributed by atoms with Crippen LogP contribution >= 0.6 is 80.6 Å². The van der Waals surface area contributed by atoms with Crippen molar-refractivity contribution in [3.63, 3.8) is 0 Å². The summed E-state index contributed by atoms with van der Waals surface area (Å²) in [5.41, 5.74) is 4.83. The Kier molecular flexibility index (Phi) is 45.7. The number of hydrogen-bond donors (Lipinski definition) is 5. The van der Waals surface area contributed by atoms with Crippen LogP contribution in [0, 0.1) is 134 Å². The van der Waals surface area contributed by atoms with Crippen LogP contribution in [0.4, 0.5) is 0 Å². The van der Waals surface area contributed by atoms with Gasteiger partial charge in [0.05, 0.1) is 60.7 Å². The standard InChI is InChI=1S/C25H44ClNO3.C25H37NO2.C15H24O2.C13H19NO2.C12H19I.C12H20O.C4H8O.2CH2Cl2/c1-20(6-7-25-17-21-14-22(18-25)16-23(15-21)19-25)24(28)27-9-11-30-13-12-29-10-5-3-2-4-8-26;1-17(9-10-25-14-19-11-20(15-25)13-21(12-19)16-25)24(28)26(3)18(2)23(27)22-7-5-4-6-8-22;1-10(14(16)17)2-3-15-7-11-4-12(8-15)6-13(5-11)9-15;1-4-12(15)14(3)10(2)13(16)11-8-6-5-7-9-11;2*13-2-1-12-6-9-3-10(7-12)5-11(4-9)8-12;1-2-4-5-3-1;2*2-1-3/h20-23H,2-19H2,1H3,(H,27,28);4-8,17-21,23,27H,9-16H2,1-3H3;10-13H,2-9H2,1H3,(H,16,17);5-10,13,16H,4H2,1-3H3;9-11H,1-8H2;9-11,13H,1-8H2;1-4H2;2*1H2/t20-,21?,22?,23?,25?;17-,18+,19?,20?,21?,23-,25?;10-,11?,12?,13?,15?;10-,13+;;;;;/m1110...../s1. The van der Waals surface area contributed by atoms with Crippen LogP contribution < -0.4 is 5.32 Å². The van der Waals surface area contributed by atoms with Crippen LogP contribution in [0.5, 0.6) is 0 Å². The molecule has 14 nitrogen and oxygen atoms in total. The Labute approximate surface area is 814 Å². The van der Waals surface area contributed by atoms with Gasteiger partial charge in [-0.1, -0.05) is 124 Å². The maximum atomic E-state index is 13.1. The van der Waals surface area contributed by atoms with Crippen molar-refractivity contribution in [2.75, 3.05) is 87.9 Å². The normalized spacial score (nSPS) is 34.3. The molecule has 7 atom stereocenters. The number of carboxylic acid groups (broad SMARTS) is 1. The van der Waals surface area contributed by atoms with E-state index in [4.69, 9.17) is 82.4 Å². The van der Waals surface area contributed by atoms with Gasteiger partial charge in [0, 0.05) is 75.6 Å². The van der Waals surface area contributed by atoms with Crippen molar-refractivity contribution in [2.45, 2.75) is 355 Å². The summed E-state index contributed by atoms with van der Waals surface area (Å²) in [6.45, 7) is 17.3. The number of nitrogens with one attached hydrogen (secondary N) is 1. The summed E-state index contributed by atoms with van der Waals surface area (Å²) in [6, 6.07) is 18.6. The molecular formula is C108H175Cl5IN3O11. The molecule has 0 radical (unpaired) electrons. The van der Waals surface area contributed by atoms with Gasteiger partial charge in [0.25, 0.3) is 0 Å². The second kappa shape index (κ2) is 54.0.